The largest absolute Gasteiger partial charge is 0.366 e. The van der Waals surface area contributed by atoms with Crippen LogP contribution in [-0.2, 0) is 4.79 Å². The van der Waals surface area contributed by atoms with E-state index in [0.29, 0.717) is 45.0 Å². The Morgan fingerprint density at radius 2 is 1.75 bits per heavy atom. The molecule has 2 aliphatic rings. The molecule has 148 valence electrons. The number of piperazine rings is 1. The highest BCUT2D eigenvalue weighted by Crippen LogP contribution is 2.24. The molecule has 28 heavy (non-hydrogen) atoms. The highest BCUT2D eigenvalue weighted by Gasteiger charge is 2.33. The van der Waals surface area contributed by atoms with Gasteiger partial charge in [0.2, 0.25) is 5.91 Å². The molecule has 0 spiro atoms. The first-order valence-electron chi connectivity index (χ1n) is 9.74. The number of rotatable bonds is 3. The zero-order chi connectivity index (χ0) is 19.5. The summed E-state index contributed by atoms with van der Waals surface area (Å²) in [6, 6.07) is 10.5. The fourth-order valence-electron chi connectivity index (χ4n) is 4.05. The van der Waals surface area contributed by atoms with Crippen LogP contribution < -0.4 is 4.90 Å². The number of para-hydroxylation sites is 1. The van der Waals surface area contributed by atoms with Crippen molar-refractivity contribution < 1.29 is 14.0 Å². The van der Waals surface area contributed by atoms with E-state index in [-0.39, 0.29) is 23.5 Å². The Morgan fingerprint density at radius 3 is 2.46 bits per heavy atom. The lowest BCUT2D eigenvalue weighted by molar-refractivity contribution is -0.137. The first-order valence-corrected chi connectivity index (χ1v) is 10.6. The van der Waals surface area contributed by atoms with E-state index in [1.807, 2.05) is 38.3 Å². The van der Waals surface area contributed by atoms with Crippen molar-refractivity contribution in [1.82, 2.24) is 9.80 Å². The minimum absolute atomic E-state index is 0.0249. The molecule has 5 nitrogen and oxygen atoms in total. The van der Waals surface area contributed by atoms with Crippen molar-refractivity contribution in [1.29, 1.82) is 0 Å². The van der Waals surface area contributed by atoms with E-state index < -0.39 is 0 Å². The summed E-state index contributed by atoms with van der Waals surface area (Å²) < 4.78 is 14.0. The molecule has 4 rings (SSSR count). The molecule has 0 unspecified atom stereocenters. The third-order valence-electron chi connectivity index (χ3n) is 5.57. The number of halogens is 1. The average Bonchev–Trinajstić information content (AvgIpc) is 3.28. The molecule has 2 aliphatic heterocycles. The Morgan fingerprint density at radius 1 is 0.964 bits per heavy atom. The molecule has 3 heterocycles. The highest BCUT2D eigenvalue weighted by molar-refractivity contribution is 7.12. The van der Waals surface area contributed by atoms with Crippen molar-refractivity contribution in [2.45, 2.75) is 12.8 Å². The van der Waals surface area contributed by atoms with Gasteiger partial charge in [-0.25, -0.2) is 4.39 Å². The van der Waals surface area contributed by atoms with Crippen molar-refractivity contribution >= 4 is 28.8 Å². The topological polar surface area (TPSA) is 43.9 Å². The zero-order valence-corrected chi connectivity index (χ0v) is 16.5. The zero-order valence-electron chi connectivity index (χ0n) is 15.7. The van der Waals surface area contributed by atoms with Gasteiger partial charge in [0.1, 0.15) is 5.82 Å². The Bertz CT molecular complexity index is 834. The number of hydrogen-bond acceptors (Lipinski definition) is 4. The van der Waals surface area contributed by atoms with Crippen molar-refractivity contribution in [3.05, 3.63) is 52.5 Å². The van der Waals surface area contributed by atoms with Gasteiger partial charge >= 0.3 is 0 Å². The van der Waals surface area contributed by atoms with Gasteiger partial charge in [-0.2, -0.15) is 0 Å². The fraction of sp³-hybridized carbons (Fsp3) is 0.429. The van der Waals surface area contributed by atoms with Crippen LogP contribution in [0.4, 0.5) is 10.1 Å². The van der Waals surface area contributed by atoms with E-state index in [9.17, 15) is 14.0 Å². The quantitative estimate of drug-likeness (QED) is 0.794. The number of hydrogen-bond donors (Lipinski definition) is 0. The summed E-state index contributed by atoms with van der Waals surface area (Å²) in [6.07, 6.45) is 1.67. The van der Waals surface area contributed by atoms with Crippen molar-refractivity contribution in [2.75, 3.05) is 44.2 Å². The molecular weight excluding hydrogens is 377 g/mol. The van der Waals surface area contributed by atoms with Crippen LogP contribution >= 0.6 is 11.3 Å². The smallest absolute Gasteiger partial charge is 0.263 e. The molecule has 0 saturated carbocycles. The number of carbonyl (C=O) groups excluding carboxylic acids is 2. The summed E-state index contributed by atoms with van der Waals surface area (Å²) in [5.74, 6) is -0.219. The van der Waals surface area contributed by atoms with Gasteiger partial charge in [-0.1, -0.05) is 18.2 Å². The van der Waals surface area contributed by atoms with Crippen LogP contribution in [0.15, 0.2) is 41.8 Å². The van der Waals surface area contributed by atoms with Crippen molar-refractivity contribution in [3.8, 4) is 0 Å². The molecule has 0 aliphatic carbocycles. The van der Waals surface area contributed by atoms with Gasteiger partial charge in [0.05, 0.1) is 16.5 Å². The number of anilines is 1. The maximum Gasteiger partial charge on any atom is 0.263 e. The van der Waals surface area contributed by atoms with Crippen LogP contribution in [0.25, 0.3) is 0 Å². The third-order valence-corrected chi connectivity index (χ3v) is 6.43. The summed E-state index contributed by atoms with van der Waals surface area (Å²) in [5.41, 5.74) is 0.597. The SMILES string of the molecule is O=C(c1cccs1)N1CCC[C@@H](C(=O)N2CCN(c3ccccc3F)CC2)C1. The second-order valence-corrected chi connectivity index (χ2v) is 8.28. The second kappa shape index (κ2) is 8.31. The summed E-state index contributed by atoms with van der Waals surface area (Å²) in [6.45, 7) is 3.62. The molecule has 0 N–H and O–H groups in total. The first kappa shape index (κ1) is 18.9. The van der Waals surface area contributed by atoms with Crippen LogP contribution in [0, 0.1) is 11.7 Å². The third kappa shape index (κ3) is 3.90. The lowest BCUT2D eigenvalue weighted by atomic mass is 9.96. The van der Waals surface area contributed by atoms with Gasteiger partial charge in [-0.3, -0.25) is 9.59 Å². The summed E-state index contributed by atoms with van der Waals surface area (Å²) in [4.78, 5) is 32.0. The van der Waals surface area contributed by atoms with Gasteiger partial charge in [-0.05, 0) is 36.4 Å². The molecule has 1 aromatic heterocycles. The highest BCUT2D eigenvalue weighted by atomic mass is 32.1. The van der Waals surface area contributed by atoms with E-state index in [2.05, 4.69) is 0 Å². The van der Waals surface area contributed by atoms with Gasteiger partial charge < -0.3 is 14.7 Å². The van der Waals surface area contributed by atoms with E-state index in [1.54, 1.807) is 12.1 Å². The van der Waals surface area contributed by atoms with Gasteiger partial charge in [0, 0.05) is 39.3 Å². The number of benzene rings is 1. The van der Waals surface area contributed by atoms with E-state index in [0.717, 1.165) is 17.7 Å². The van der Waals surface area contributed by atoms with Crippen molar-refractivity contribution in [2.24, 2.45) is 5.92 Å². The lowest BCUT2D eigenvalue weighted by Gasteiger charge is -2.39. The number of piperidine rings is 1. The van der Waals surface area contributed by atoms with Gasteiger partial charge in [0.15, 0.2) is 0 Å². The fourth-order valence-corrected chi connectivity index (χ4v) is 4.74. The van der Waals surface area contributed by atoms with E-state index in [4.69, 9.17) is 0 Å². The summed E-state index contributed by atoms with van der Waals surface area (Å²) in [7, 11) is 0. The lowest BCUT2D eigenvalue weighted by Crippen LogP contribution is -2.53. The Balaban J connectivity index is 1.35. The molecule has 2 aromatic rings. The maximum atomic E-state index is 14.0. The molecule has 7 heteroatoms. The average molecular weight is 402 g/mol. The van der Waals surface area contributed by atoms with E-state index in [1.165, 1.54) is 17.4 Å². The minimum atomic E-state index is -0.225. The van der Waals surface area contributed by atoms with Gasteiger partial charge in [-0.15, -0.1) is 11.3 Å². The van der Waals surface area contributed by atoms with E-state index >= 15 is 0 Å². The molecule has 1 atom stereocenters. The number of carbonyl (C=O) groups is 2. The Hall–Kier alpha value is -2.41. The van der Waals surface area contributed by atoms with Crippen LogP contribution in [0.1, 0.15) is 22.5 Å². The molecule has 0 bridgehead atoms. The summed E-state index contributed by atoms with van der Waals surface area (Å²) in [5, 5.41) is 1.90. The molecule has 2 fully saturated rings. The number of amides is 2. The monoisotopic (exact) mass is 401 g/mol. The summed E-state index contributed by atoms with van der Waals surface area (Å²) >= 11 is 1.44. The second-order valence-electron chi connectivity index (χ2n) is 7.33. The molecule has 1 aromatic carbocycles. The van der Waals surface area contributed by atoms with Crippen LogP contribution in [0.2, 0.25) is 0 Å². The standard InChI is InChI=1S/C21H24FN3O2S/c22-17-6-1-2-7-18(17)23-10-12-24(13-11-23)20(26)16-5-3-9-25(15-16)21(27)19-8-4-14-28-19/h1-2,4,6-8,14,16H,3,5,9-13,15H2/t16-/m1/s1. The van der Waals surface area contributed by atoms with Crippen LogP contribution in [0.3, 0.4) is 0 Å². The van der Waals surface area contributed by atoms with Gasteiger partial charge in [0.25, 0.3) is 5.91 Å². The normalized spacial score (nSPS) is 20.3. The molecule has 0 radical (unpaired) electrons. The Labute approximate surface area is 168 Å². The van der Waals surface area contributed by atoms with Crippen LogP contribution in [-0.4, -0.2) is 60.9 Å². The first-order chi connectivity index (χ1) is 13.6. The maximum absolute atomic E-state index is 14.0. The number of thiophene rings is 1. The number of nitrogens with zero attached hydrogens (tertiary/aromatic N) is 3. The number of likely N-dealkylation sites (tertiary alicyclic amines) is 1. The molecule has 2 amide bonds. The van der Waals surface area contributed by atoms with Crippen LogP contribution in [0.5, 0.6) is 0 Å². The van der Waals surface area contributed by atoms with Crippen molar-refractivity contribution in [3.63, 3.8) is 0 Å². The predicted octanol–water partition coefficient (Wildman–Crippen LogP) is 3.09. The molecule has 2 saturated heterocycles. The minimum Gasteiger partial charge on any atom is -0.366 e. The predicted molar refractivity (Wildman–Crippen MR) is 108 cm³/mol. The Kier molecular flexibility index (Phi) is 5.62. The molecular formula is C21H24FN3O2S.